The number of hydrogen-bond acceptors (Lipinski definition) is 10. The van der Waals surface area contributed by atoms with Crippen LogP contribution in [0.25, 0.3) is 0 Å². The van der Waals surface area contributed by atoms with Crippen LogP contribution in [0.2, 0.25) is 0 Å². The summed E-state index contributed by atoms with van der Waals surface area (Å²) >= 11 is 0. The lowest BCUT2D eigenvalue weighted by molar-refractivity contribution is -0.300. The van der Waals surface area contributed by atoms with Gasteiger partial charge in [-0.2, -0.15) is 0 Å². The van der Waals surface area contributed by atoms with Gasteiger partial charge in [-0.05, 0) is 36.2 Å². The second kappa shape index (κ2) is 9.17. The fourth-order valence-corrected chi connectivity index (χ4v) is 8.98. The Hall–Kier alpha value is -2.75. The van der Waals surface area contributed by atoms with Gasteiger partial charge in [0.05, 0.1) is 11.5 Å². The van der Waals surface area contributed by atoms with Crippen molar-refractivity contribution in [1.29, 1.82) is 0 Å². The van der Waals surface area contributed by atoms with E-state index in [-0.39, 0.29) is 24.5 Å². The van der Waals surface area contributed by atoms with Crippen LogP contribution in [0.5, 0.6) is 0 Å². The Labute approximate surface area is 222 Å². The molecule has 0 aliphatic heterocycles. The minimum atomic E-state index is -1.39. The van der Waals surface area contributed by atoms with Crippen molar-refractivity contribution in [3.05, 3.63) is 12.2 Å². The molecule has 4 fully saturated rings. The highest BCUT2D eigenvalue weighted by Gasteiger charge is 2.79. The Bertz CT molecular complexity index is 1090. The van der Waals surface area contributed by atoms with E-state index in [1.54, 1.807) is 0 Å². The summed E-state index contributed by atoms with van der Waals surface area (Å²) in [7, 11) is 0. The van der Waals surface area contributed by atoms with E-state index in [1.165, 1.54) is 27.7 Å². The molecule has 38 heavy (non-hydrogen) atoms. The van der Waals surface area contributed by atoms with Crippen molar-refractivity contribution in [1.82, 2.24) is 0 Å². The molecule has 0 aromatic carbocycles. The van der Waals surface area contributed by atoms with Gasteiger partial charge < -0.3 is 24.1 Å². The molecule has 4 aliphatic carbocycles. The molecule has 2 bridgehead atoms. The Balaban J connectivity index is 2.01. The smallest absolute Gasteiger partial charge is 0.303 e. The van der Waals surface area contributed by atoms with Crippen LogP contribution in [-0.4, -0.2) is 65.3 Å². The standard InChI is InChI=1S/C28H38O10/c1-12-17-9-18(33)21-27(8)11-19(35-13(2)29)24(37-15(4)31)26(6,7)22(27)20(36-14(3)30)25(38-16(5)32)28(21,10-17)23(12)34/h17-22,24-25,33H,1,9-11H2,2-8H3/t17-,18+,19+,20-,21+,22-,24+,25+,27+,28+/m1/s1. The number of aliphatic hydroxyl groups is 1. The minimum absolute atomic E-state index is 0.122. The molecule has 0 saturated heterocycles. The van der Waals surface area contributed by atoms with E-state index in [1.807, 2.05) is 20.8 Å². The second-order valence-corrected chi connectivity index (χ2v) is 12.4. The summed E-state index contributed by atoms with van der Waals surface area (Å²) in [4.78, 5) is 63.4. The van der Waals surface area contributed by atoms with Gasteiger partial charge in [-0.1, -0.05) is 27.4 Å². The monoisotopic (exact) mass is 534 g/mol. The zero-order valence-electron chi connectivity index (χ0n) is 23.1. The maximum atomic E-state index is 14.1. The van der Waals surface area contributed by atoms with Gasteiger partial charge in [0.15, 0.2) is 11.9 Å². The van der Waals surface area contributed by atoms with Gasteiger partial charge in [-0.3, -0.25) is 24.0 Å². The van der Waals surface area contributed by atoms with Gasteiger partial charge in [0.25, 0.3) is 0 Å². The highest BCUT2D eigenvalue weighted by molar-refractivity contribution is 6.04. The van der Waals surface area contributed by atoms with Gasteiger partial charge in [-0.25, -0.2) is 0 Å². The molecule has 4 saturated carbocycles. The normalized spacial score (nSPS) is 42.8. The fraction of sp³-hybridized carbons (Fsp3) is 0.750. The number of Topliss-reactive ketones (excluding diaryl/α,β-unsaturated/α-hetero) is 1. The number of hydrogen-bond donors (Lipinski definition) is 1. The van der Waals surface area contributed by atoms with E-state index in [0.29, 0.717) is 12.0 Å². The van der Waals surface area contributed by atoms with Crippen LogP contribution in [0.1, 0.15) is 67.7 Å². The molecule has 0 aromatic heterocycles. The molecule has 1 N–H and O–H groups in total. The van der Waals surface area contributed by atoms with Crippen LogP contribution in [0.15, 0.2) is 12.2 Å². The maximum absolute atomic E-state index is 14.1. The Morgan fingerprint density at radius 1 is 0.816 bits per heavy atom. The summed E-state index contributed by atoms with van der Waals surface area (Å²) in [6.07, 6.45) is -4.39. The van der Waals surface area contributed by atoms with E-state index in [0.717, 1.165) is 0 Å². The first-order chi connectivity index (χ1) is 17.5. The third-order valence-electron chi connectivity index (χ3n) is 9.53. The Morgan fingerprint density at radius 2 is 1.34 bits per heavy atom. The van der Waals surface area contributed by atoms with Crippen LogP contribution in [0.3, 0.4) is 0 Å². The predicted molar refractivity (Wildman–Crippen MR) is 131 cm³/mol. The van der Waals surface area contributed by atoms with E-state index in [4.69, 9.17) is 18.9 Å². The van der Waals surface area contributed by atoms with Crippen molar-refractivity contribution < 1.29 is 48.0 Å². The molecule has 10 atom stereocenters. The van der Waals surface area contributed by atoms with Crippen molar-refractivity contribution >= 4 is 29.7 Å². The Morgan fingerprint density at radius 3 is 1.87 bits per heavy atom. The molecular weight excluding hydrogens is 496 g/mol. The topological polar surface area (TPSA) is 143 Å². The molecule has 0 unspecified atom stereocenters. The summed E-state index contributed by atoms with van der Waals surface area (Å²) in [6.45, 7) is 14.5. The third kappa shape index (κ3) is 3.98. The van der Waals surface area contributed by atoms with E-state index in [2.05, 4.69) is 6.58 Å². The summed E-state index contributed by atoms with van der Waals surface area (Å²) in [6, 6.07) is 0. The van der Waals surface area contributed by atoms with Gasteiger partial charge in [0.1, 0.15) is 18.3 Å². The molecule has 10 nitrogen and oxygen atoms in total. The maximum Gasteiger partial charge on any atom is 0.303 e. The first kappa shape index (κ1) is 28.3. The van der Waals surface area contributed by atoms with Crippen molar-refractivity contribution in [3.8, 4) is 0 Å². The van der Waals surface area contributed by atoms with Crippen LogP contribution in [0.4, 0.5) is 0 Å². The molecule has 210 valence electrons. The number of allylic oxidation sites excluding steroid dienone is 1. The minimum Gasteiger partial charge on any atom is -0.459 e. The zero-order valence-corrected chi connectivity index (χ0v) is 23.1. The van der Waals surface area contributed by atoms with Crippen molar-refractivity contribution in [2.45, 2.75) is 98.2 Å². The van der Waals surface area contributed by atoms with Gasteiger partial charge in [0.2, 0.25) is 0 Å². The SMILES string of the molecule is C=C1C(=O)[C@]23C[C@H]1C[C@H](O)[C@H]2[C@]1(C)C[C@H](OC(C)=O)[C@H](OC(C)=O)C(C)(C)[C@H]1[C@@H](OC(C)=O)[C@@H]3OC(C)=O. The largest absolute Gasteiger partial charge is 0.459 e. The van der Waals surface area contributed by atoms with Crippen molar-refractivity contribution in [3.63, 3.8) is 0 Å². The summed E-state index contributed by atoms with van der Waals surface area (Å²) in [5.74, 6) is -4.47. The molecule has 4 rings (SSSR count). The lowest BCUT2D eigenvalue weighted by atomic mass is 9.38. The highest BCUT2D eigenvalue weighted by atomic mass is 16.6. The first-order valence-electron chi connectivity index (χ1n) is 13.1. The zero-order chi connectivity index (χ0) is 28.5. The van der Waals surface area contributed by atoms with Crippen LogP contribution in [0, 0.1) is 34.0 Å². The molecule has 10 heteroatoms. The number of fused-ring (bicyclic) bond motifs is 3. The number of ether oxygens (including phenoxy) is 4. The third-order valence-corrected chi connectivity index (χ3v) is 9.53. The number of ketones is 1. The fourth-order valence-electron chi connectivity index (χ4n) is 8.98. The molecule has 0 heterocycles. The summed E-state index contributed by atoms with van der Waals surface area (Å²) < 4.78 is 23.3. The summed E-state index contributed by atoms with van der Waals surface area (Å²) in [5.41, 5.74) is -3.02. The number of esters is 4. The number of carbonyl (C=O) groups is 5. The predicted octanol–water partition coefficient (Wildman–Crippen LogP) is 2.29. The number of rotatable bonds is 4. The van der Waals surface area contributed by atoms with Gasteiger partial charge in [-0.15, -0.1) is 0 Å². The molecular formula is C28H38O10. The van der Waals surface area contributed by atoms with Crippen molar-refractivity contribution in [2.24, 2.45) is 34.0 Å². The van der Waals surface area contributed by atoms with Gasteiger partial charge >= 0.3 is 23.9 Å². The molecule has 0 radical (unpaired) electrons. The van der Waals surface area contributed by atoms with E-state index in [9.17, 15) is 29.1 Å². The Kier molecular flexibility index (Phi) is 6.82. The van der Waals surface area contributed by atoms with Crippen LogP contribution < -0.4 is 0 Å². The molecule has 0 aromatic rings. The van der Waals surface area contributed by atoms with E-state index < -0.39 is 82.5 Å². The lowest BCUT2D eigenvalue weighted by Crippen LogP contribution is -2.76. The van der Waals surface area contributed by atoms with E-state index >= 15 is 0 Å². The van der Waals surface area contributed by atoms with Crippen molar-refractivity contribution in [2.75, 3.05) is 0 Å². The summed E-state index contributed by atoms with van der Waals surface area (Å²) in [5, 5.41) is 11.7. The average Bonchev–Trinajstić information content (AvgIpc) is 2.93. The lowest BCUT2D eigenvalue weighted by Gasteiger charge is -2.68. The molecule has 1 spiro atoms. The second-order valence-electron chi connectivity index (χ2n) is 12.4. The average molecular weight is 535 g/mol. The molecule has 4 aliphatic rings. The quantitative estimate of drug-likeness (QED) is 0.324. The van der Waals surface area contributed by atoms with Crippen LogP contribution >= 0.6 is 0 Å². The van der Waals surface area contributed by atoms with Gasteiger partial charge in [0, 0.05) is 44.9 Å². The van der Waals surface area contributed by atoms with Crippen LogP contribution in [-0.2, 0) is 42.9 Å². The first-order valence-corrected chi connectivity index (χ1v) is 13.1. The number of carbonyl (C=O) groups excluding carboxylic acids is 5. The molecule has 0 amide bonds. The highest BCUT2D eigenvalue weighted by Crippen LogP contribution is 2.72. The number of aliphatic hydroxyl groups excluding tert-OH is 1.